The number of phenols is 1. The van der Waals surface area contributed by atoms with Gasteiger partial charge >= 0.3 is 0 Å². The SMILES string of the molecule is C=CCn1c(=O)c(C(=O)N/N=C/c2ccc(O)c(OCC)c2)c(O)c2ccccc21. The van der Waals surface area contributed by atoms with Crippen molar-refractivity contribution in [3.05, 3.63) is 76.6 Å². The van der Waals surface area contributed by atoms with E-state index in [2.05, 4.69) is 17.1 Å². The number of fused-ring (bicyclic) bond motifs is 1. The van der Waals surface area contributed by atoms with E-state index in [4.69, 9.17) is 4.74 Å². The highest BCUT2D eigenvalue weighted by Crippen LogP contribution is 2.27. The van der Waals surface area contributed by atoms with Gasteiger partial charge in [-0.2, -0.15) is 5.10 Å². The summed E-state index contributed by atoms with van der Waals surface area (Å²) in [5, 5.41) is 24.5. The van der Waals surface area contributed by atoms with Crippen LogP contribution in [0.25, 0.3) is 10.9 Å². The minimum atomic E-state index is -0.846. The number of carbonyl (C=O) groups excluding carboxylic acids is 1. The fourth-order valence-corrected chi connectivity index (χ4v) is 3.01. The van der Waals surface area contributed by atoms with Gasteiger partial charge in [0.25, 0.3) is 11.5 Å². The molecule has 0 fully saturated rings. The van der Waals surface area contributed by atoms with Gasteiger partial charge in [-0.3, -0.25) is 9.59 Å². The van der Waals surface area contributed by atoms with Crippen LogP contribution in [0.4, 0.5) is 0 Å². The first-order chi connectivity index (χ1) is 14.5. The van der Waals surface area contributed by atoms with E-state index in [0.717, 1.165) is 0 Å². The molecule has 3 aromatic rings. The lowest BCUT2D eigenvalue weighted by Gasteiger charge is -2.12. The van der Waals surface area contributed by atoms with Crippen molar-refractivity contribution < 1.29 is 19.7 Å². The van der Waals surface area contributed by atoms with Crippen molar-refractivity contribution in [2.45, 2.75) is 13.5 Å². The van der Waals surface area contributed by atoms with Gasteiger partial charge in [0.1, 0.15) is 11.3 Å². The van der Waals surface area contributed by atoms with Crippen LogP contribution in [-0.4, -0.2) is 33.5 Å². The predicted molar refractivity (Wildman–Crippen MR) is 114 cm³/mol. The molecule has 0 saturated heterocycles. The molecule has 0 aliphatic carbocycles. The maximum Gasteiger partial charge on any atom is 0.280 e. The van der Waals surface area contributed by atoms with Crippen LogP contribution in [0.3, 0.4) is 0 Å². The second kappa shape index (κ2) is 8.95. The highest BCUT2D eigenvalue weighted by atomic mass is 16.5. The van der Waals surface area contributed by atoms with Gasteiger partial charge in [0.05, 0.1) is 18.3 Å². The van der Waals surface area contributed by atoms with Crippen LogP contribution in [-0.2, 0) is 6.54 Å². The molecule has 3 rings (SSSR count). The van der Waals surface area contributed by atoms with Crippen molar-refractivity contribution in [1.82, 2.24) is 9.99 Å². The maximum atomic E-state index is 12.8. The van der Waals surface area contributed by atoms with Gasteiger partial charge in [-0.1, -0.05) is 18.2 Å². The van der Waals surface area contributed by atoms with E-state index in [-0.39, 0.29) is 18.0 Å². The Bertz CT molecular complexity index is 1200. The van der Waals surface area contributed by atoms with Gasteiger partial charge in [0.2, 0.25) is 0 Å². The van der Waals surface area contributed by atoms with Crippen molar-refractivity contribution in [3.8, 4) is 17.2 Å². The molecule has 1 heterocycles. The summed E-state index contributed by atoms with van der Waals surface area (Å²) in [5.41, 5.74) is 2.25. The molecule has 0 aliphatic heterocycles. The normalized spacial score (nSPS) is 11.0. The van der Waals surface area contributed by atoms with Crippen LogP contribution in [0.5, 0.6) is 17.2 Å². The molecular formula is C22H21N3O5. The first kappa shape index (κ1) is 20.7. The third-order valence-electron chi connectivity index (χ3n) is 4.35. The monoisotopic (exact) mass is 407 g/mol. The number of carbonyl (C=O) groups is 1. The highest BCUT2D eigenvalue weighted by molar-refractivity contribution is 6.02. The largest absolute Gasteiger partial charge is 0.506 e. The lowest BCUT2D eigenvalue weighted by Crippen LogP contribution is -2.31. The molecule has 2 aromatic carbocycles. The highest BCUT2D eigenvalue weighted by Gasteiger charge is 2.21. The Morgan fingerprint density at radius 3 is 2.77 bits per heavy atom. The summed E-state index contributed by atoms with van der Waals surface area (Å²) in [6.45, 7) is 5.98. The number of hydrogen-bond donors (Lipinski definition) is 3. The van der Waals surface area contributed by atoms with Crippen LogP contribution in [0, 0.1) is 0 Å². The van der Waals surface area contributed by atoms with Crippen LogP contribution < -0.4 is 15.7 Å². The van der Waals surface area contributed by atoms with Gasteiger partial charge in [-0.05, 0) is 42.8 Å². The van der Waals surface area contributed by atoms with Crippen LogP contribution in [0.2, 0.25) is 0 Å². The second-order valence-electron chi connectivity index (χ2n) is 6.30. The number of para-hydroxylation sites is 1. The number of hydrazone groups is 1. The molecule has 0 saturated carbocycles. The maximum absolute atomic E-state index is 12.8. The van der Waals surface area contributed by atoms with Crippen molar-refractivity contribution in [2.24, 2.45) is 5.10 Å². The molecule has 8 heteroatoms. The molecule has 0 bridgehead atoms. The Morgan fingerprint density at radius 2 is 2.03 bits per heavy atom. The number of hydrogen-bond acceptors (Lipinski definition) is 6. The molecule has 30 heavy (non-hydrogen) atoms. The zero-order valence-electron chi connectivity index (χ0n) is 16.3. The third kappa shape index (κ3) is 4.02. The zero-order valence-corrected chi connectivity index (χ0v) is 16.3. The molecule has 154 valence electrons. The lowest BCUT2D eigenvalue weighted by atomic mass is 10.1. The number of aromatic nitrogens is 1. The Hall–Kier alpha value is -4.07. The number of nitrogens with one attached hydrogen (secondary N) is 1. The quantitative estimate of drug-likeness (QED) is 0.317. The van der Waals surface area contributed by atoms with Crippen molar-refractivity contribution in [2.75, 3.05) is 6.61 Å². The molecule has 8 nitrogen and oxygen atoms in total. The summed E-state index contributed by atoms with van der Waals surface area (Å²) in [6.07, 6.45) is 2.87. The predicted octanol–water partition coefficient (Wildman–Crippen LogP) is 2.76. The Balaban J connectivity index is 1.92. The fraction of sp³-hybridized carbons (Fsp3) is 0.136. The Labute approximate surface area is 172 Å². The number of benzene rings is 2. The molecule has 0 radical (unpaired) electrons. The Kier molecular flexibility index (Phi) is 6.17. The van der Waals surface area contributed by atoms with Crippen molar-refractivity contribution >= 4 is 23.0 Å². The zero-order chi connectivity index (χ0) is 21.7. The van der Waals surface area contributed by atoms with Crippen LogP contribution in [0.1, 0.15) is 22.8 Å². The average molecular weight is 407 g/mol. The molecule has 1 amide bonds. The molecular weight excluding hydrogens is 386 g/mol. The molecule has 0 spiro atoms. The second-order valence-corrected chi connectivity index (χ2v) is 6.30. The van der Waals surface area contributed by atoms with Gasteiger partial charge in [0.15, 0.2) is 11.5 Å². The van der Waals surface area contributed by atoms with Crippen LogP contribution >= 0.6 is 0 Å². The van der Waals surface area contributed by atoms with E-state index in [1.807, 2.05) is 0 Å². The standard InChI is InChI=1S/C22H21N3O5/c1-3-11-25-16-8-6-5-7-15(16)20(27)19(22(25)29)21(28)24-23-13-14-9-10-17(26)18(12-14)30-4-2/h3,5-10,12-13,26-27H,1,4,11H2,2H3,(H,24,28)/b23-13+. The van der Waals surface area contributed by atoms with Crippen molar-refractivity contribution in [3.63, 3.8) is 0 Å². The van der Waals surface area contributed by atoms with Gasteiger partial charge < -0.3 is 19.5 Å². The first-order valence-electron chi connectivity index (χ1n) is 9.22. The number of nitrogens with zero attached hydrogens (tertiary/aromatic N) is 2. The molecule has 1 aromatic heterocycles. The summed E-state index contributed by atoms with van der Waals surface area (Å²) in [7, 11) is 0. The minimum absolute atomic E-state index is 0.0121. The summed E-state index contributed by atoms with van der Waals surface area (Å²) in [4.78, 5) is 25.4. The molecule has 3 N–H and O–H groups in total. The molecule has 0 atom stereocenters. The summed E-state index contributed by atoms with van der Waals surface area (Å²) < 4.78 is 6.65. The first-order valence-corrected chi connectivity index (χ1v) is 9.22. The summed E-state index contributed by atoms with van der Waals surface area (Å²) >= 11 is 0. The van der Waals surface area contributed by atoms with Crippen molar-refractivity contribution in [1.29, 1.82) is 0 Å². The average Bonchev–Trinajstić information content (AvgIpc) is 2.74. The lowest BCUT2D eigenvalue weighted by molar-refractivity contribution is 0.0950. The van der Waals surface area contributed by atoms with E-state index >= 15 is 0 Å². The fourth-order valence-electron chi connectivity index (χ4n) is 3.01. The number of aromatic hydroxyl groups is 2. The number of rotatable bonds is 7. The summed E-state index contributed by atoms with van der Waals surface area (Å²) in [6, 6.07) is 11.3. The molecule has 0 unspecified atom stereocenters. The van der Waals surface area contributed by atoms with E-state index in [1.165, 1.54) is 22.9 Å². The van der Waals surface area contributed by atoms with Gasteiger partial charge in [-0.15, -0.1) is 6.58 Å². The number of allylic oxidation sites excluding steroid dienone is 1. The van der Waals surface area contributed by atoms with E-state index in [1.54, 1.807) is 43.3 Å². The Morgan fingerprint density at radius 1 is 1.27 bits per heavy atom. The molecule has 0 aliphatic rings. The topological polar surface area (TPSA) is 113 Å². The third-order valence-corrected chi connectivity index (χ3v) is 4.35. The number of ether oxygens (including phenoxy) is 1. The number of pyridine rings is 1. The van der Waals surface area contributed by atoms with E-state index < -0.39 is 22.8 Å². The van der Waals surface area contributed by atoms with Gasteiger partial charge in [0, 0.05) is 11.9 Å². The number of amides is 1. The van der Waals surface area contributed by atoms with Gasteiger partial charge in [-0.25, -0.2) is 5.43 Å². The van der Waals surface area contributed by atoms with E-state index in [0.29, 0.717) is 23.1 Å². The minimum Gasteiger partial charge on any atom is -0.506 e. The van der Waals surface area contributed by atoms with Crippen LogP contribution in [0.15, 0.2) is 65.0 Å². The smallest absolute Gasteiger partial charge is 0.280 e. The number of phenolic OH excluding ortho intramolecular Hbond substituents is 1. The summed E-state index contributed by atoms with van der Waals surface area (Å²) in [5.74, 6) is -0.984. The van der Waals surface area contributed by atoms with E-state index in [9.17, 15) is 19.8 Å².